The third kappa shape index (κ3) is 1.10. The molecule has 0 amide bonds. The molecule has 0 aliphatic heterocycles. The minimum Gasteiger partial charge on any atom is -0.326 e. The Hall–Kier alpha value is -1.42. The van der Waals surface area contributed by atoms with Crippen LogP contribution in [0.25, 0.3) is 5.52 Å². The van der Waals surface area contributed by atoms with Gasteiger partial charge in [0.1, 0.15) is 6.33 Å². The molecule has 0 spiro atoms. The standard InChI is InChI=1S/C9H12N4/c1-6-8(3-10)4-13-9(6)7(2)11-5-12-13/h4-5H,3,10H2,1-2H3. The van der Waals surface area contributed by atoms with Crippen molar-refractivity contribution in [1.29, 1.82) is 0 Å². The van der Waals surface area contributed by atoms with Crippen LogP contribution in [0.3, 0.4) is 0 Å². The maximum absolute atomic E-state index is 5.60. The summed E-state index contributed by atoms with van der Waals surface area (Å²) in [5, 5.41) is 4.12. The molecule has 0 atom stereocenters. The Morgan fingerprint density at radius 1 is 1.46 bits per heavy atom. The zero-order valence-electron chi connectivity index (χ0n) is 7.78. The molecule has 0 aliphatic carbocycles. The van der Waals surface area contributed by atoms with Crippen molar-refractivity contribution in [3.8, 4) is 0 Å². The van der Waals surface area contributed by atoms with Crippen molar-refractivity contribution in [1.82, 2.24) is 14.6 Å². The fraction of sp³-hybridized carbons (Fsp3) is 0.333. The molecule has 0 bridgehead atoms. The Kier molecular flexibility index (Phi) is 1.77. The molecule has 0 aliphatic rings. The zero-order chi connectivity index (χ0) is 9.42. The molecule has 0 unspecified atom stereocenters. The van der Waals surface area contributed by atoms with Gasteiger partial charge in [-0.05, 0) is 25.0 Å². The number of nitrogens with zero attached hydrogens (tertiary/aromatic N) is 3. The lowest BCUT2D eigenvalue weighted by Crippen LogP contribution is -1.95. The van der Waals surface area contributed by atoms with Gasteiger partial charge in [0, 0.05) is 12.7 Å². The number of fused-ring (bicyclic) bond motifs is 1. The van der Waals surface area contributed by atoms with Gasteiger partial charge < -0.3 is 5.73 Å². The zero-order valence-corrected chi connectivity index (χ0v) is 7.78. The van der Waals surface area contributed by atoms with E-state index in [1.165, 1.54) is 5.56 Å². The monoisotopic (exact) mass is 176 g/mol. The van der Waals surface area contributed by atoms with Gasteiger partial charge in [0.05, 0.1) is 11.2 Å². The summed E-state index contributed by atoms with van der Waals surface area (Å²) in [7, 11) is 0. The summed E-state index contributed by atoms with van der Waals surface area (Å²) < 4.78 is 1.83. The average molecular weight is 176 g/mol. The van der Waals surface area contributed by atoms with Gasteiger partial charge >= 0.3 is 0 Å². The SMILES string of the molecule is Cc1ncnn2cc(CN)c(C)c12. The number of rotatable bonds is 1. The van der Waals surface area contributed by atoms with Crippen LogP contribution in [0.5, 0.6) is 0 Å². The van der Waals surface area contributed by atoms with E-state index < -0.39 is 0 Å². The number of aryl methyl sites for hydroxylation is 2. The lowest BCUT2D eigenvalue weighted by Gasteiger charge is -1.97. The van der Waals surface area contributed by atoms with E-state index in [4.69, 9.17) is 5.73 Å². The van der Waals surface area contributed by atoms with Crippen molar-refractivity contribution in [2.45, 2.75) is 20.4 Å². The fourth-order valence-electron chi connectivity index (χ4n) is 1.60. The molecule has 4 nitrogen and oxygen atoms in total. The first-order chi connectivity index (χ1) is 6.24. The molecular formula is C9H12N4. The molecule has 0 fully saturated rings. The molecule has 0 radical (unpaired) electrons. The summed E-state index contributed by atoms with van der Waals surface area (Å²) in [4.78, 5) is 4.14. The molecule has 0 saturated heterocycles. The van der Waals surface area contributed by atoms with Crippen LogP contribution in [0.1, 0.15) is 16.8 Å². The van der Waals surface area contributed by atoms with Crippen LogP contribution in [0.4, 0.5) is 0 Å². The number of aromatic nitrogens is 3. The van der Waals surface area contributed by atoms with Gasteiger partial charge in [-0.15, -0.1) is 0 Å². The third-order valence-corrected chi connectivity index (χ3v) is 2.33. The topological polar surface area (TPSA) is 56.2 Å². The summed E-state index contributed by atoms with van der Waals surface area (Å²) in [6.07, 6.45) is 3.52. The molecule has 2 aromatic rings. The van der Waals surface area contributed by atoms with E-state index in [9.17, 15) is 0 Å². The summed E-state index contributed by atoms with van der Waals surface area (Å²) >= 11 is 0. The van der Waals surface area contributed by atoms with Gasteiger partial charge in [-0.2, -0.15) is 5.10 Å². The smallest absolute Gasteiger partial charge is 0.136 e. The Bertz CT molecular complexity index is 444. The highest BCUT2D eigenvalue weighted by Crippen LogP contribution is 2.17. The Labute approximate surface area is 76.4 Å². The molecule has 2 aromatic heterocycles. The maximum Gasteiger partial charge on any atom is 0.136 e. The molecule has 68 valence electrons. The first kappa shape index (κ1) is 8.19. The van der Waals surface area contributed by atoms with Gasteiger partial charge in [-0.1, -0.05) is 0 Å². The lowest BCUT2D eigenvalue weighted by atomic mass is 10.2. The van der Waals surface area contributed by atoms with Crippen molar-refractivity contribution in [2.75, 3.05) is 0 Å². The van der Waals surface area contributed by atoms with Crippen molar-refractivity contribution >= 4 is 5.52 Å². The summed E-state index contributed by atoms with van der Waals surface area (Å²) in [5.74, 6) is 0. The van der Waals surface area contributed by atoms with E-state index in [0.717, 1.165) is 16.8 Å². The highest BCUT2D eigenvalue weighted by atomic mass is 15.2. The van der Waals surface area contributed by atoms with E-state index in [-0.39, 0.29) is 0 Å². The molecule has 2 heterocycles. The Morgan fingerprint density at radius 3 is 2.85 bits per heavy atom. The Morgan fingerprint density at radius 2 is 2.23 bits per heavy atom. The van der Waals surface area contributed by atoms with Gasteiger partial charge in [-0.3, -0.25) is 0 Å². The van der Waals surface area contributed by atoms with Crippen molar-refractivity contribution in [2.24, 2.45) is 5.73 Å². The first-order valence-corrected chi connectivity index (χ1v) is 4.22. The van der Waals surface area contributed by atoms with E-state index in [1.807, 2.05) is 24.6 Å². The van der Waals surface area contributed by atoms with Gasteiger partial charge in [0.15, 0.2) is 0 Å². The quantitative estimate of drug-likeness (QED) is 0.699. The Balaban J connectivity index is 2.85. The molecule has 0 aromatic carbocycles. The predicted molar refractivity (Wildman–Crippen MR) is 50.4 cm³/mol. The second-order valence-electron chi connectivity index (χ2n) is 3.12. The van der Waals surface area contributed by atoms with Crippen LogP contribution < -0.4 is 5.73 Å². The van der Waals surface area contributed by atoms with Crippen LogP contribution in [0.15, 0.2) is 12.5 Å². The van der Waals surface area contributed by atoms with Gasteiger partial charge in [-0.25, -0.2) is 9.50 Å². The maximum atomic E-state index is 5.60. The highest BCUT2D eigenvalue weighted by molar-refractivity contribution is 5.60. The second-order valence-corrected chi connectivity index (χ2v) is 3.12. The average Bonchev–Trinajstić information content (AvgIpc) is 2.44. The van der Waals surface area contributed by atoms with Crippen LogP contribution in [0.2, 0.25) is 0 Å². The van der Waals surface area contributed by atoms with Crippen molar-refractivity contribution in [3.05, 3.63) is 29.3 Å². The molecule has 2 rings (SSSR count). The van der Waals surface area contributed by atoms with Gasteiger partial charge in [0.2, 0.25) is 0 Å². The minimum absolute atomic E-state index is 0.550. The van der Waals surface area contributed by atoms with E-state index in [0.29, 0.717) is 6.54 Å². The molecule has 0 saturated carbocycles. The first-order valence-electron chi connectivity index (χ1n) is 4.22. The van der Waals surface area contributed by atoms with Gasteiger partial charge in [0.25, 0.3) is 0 Å². The van der Waals surface area contributed by atoms with E-state index in [2.05, 4.69) is 10.1 Å². The van der Waals surface area contributed by atoms with Crippen molar-refractivity contribution in [3.63, 3.8) is 0 Å². The summed E-state index contributed by atoms with van der Waals surface area (Å²) in [6.45, 7) is 4.58. The number of nitrogens with two attached hydrogens (primary N) is 1. The largest absolute Gasteiger partial charge is 0.326 e. The van der Waals surface area contributed by atoms with Crippen LogP contribution >= 0.6 is 0 Å². The lowest BCUT2D eigenvalue weighted by molar-refractivity contribution is 0.880. The highest BCUT2D eigenvalue weighted by Gasteiger charge is 2.07. The minimum atomic E-state index is 0.550. The normalized spacial score (nSPS) is 11.0. The number of hydrogen-bond donors (Lipinski definition) is 1. The van der Waals surface area contributed by atoms with Crippen LogP contribution in [-0.4, -0.2) is 14.6 Å². The van der Waals surface area contributed by atoms with Crippen molar-refractivity contribution < 1.29 is 0 Å². The molecule has 4 heteroatoms. The fourth-order valence-corrected chi connectivity index (χ4v) is 1.60. The van der Waals surface area contributed by atoms with Crippen LogP contribution in [0, 0.1) is 13.8 Å². The summed E-state index contributed by atoms with van der Waals surface area (Å²) in [6, 6.07) is 0. The third-order valence-electron chi connectivity index (χ3n) is 2.33. The number of hydrogen-bond acceptors (Lipinski definition) is 3. The summed E-state index contributed by atoms with van der Waals surface area (Å²) in [5.41, 5.74) is 9.98. The van der Waals surface area contributed by atoms with E-state index >= 15 is 0 Å². The molecule has 13 heavy (non-hydrogen) atoms. The van der Waals surface area contributed by atoms with E-state index in [1.54, 1.807) is 6.33 Å². The van der Waals surface area contributed by atoms with Crippen LogP contribution in [-0.2, 0) is 6.54 Å². The second kappa shape index (κ2) is 2.81. The molecular weight excluding hydrogens is 164 g/mol. The predicted octanol–water partition coefficient (Wildman–Crippen LogP) is 0.805. The molecule has 2 N–H and O–H groups in total.